The van der Waals surface area contributed by atoms with E-state index in [1.165, 1.54) is 12.8 Å². The standard InChI is InChI=1S/C23H27N5O3/c1-13-3-5-14(6-4-13)21-25-20(26-27(21)2)15-7-8-17-16(11-15)12-28(23(17)31)18-9-10-19(29)24-22(18)30/h7-8,11,13-14,18H,3-6,9-10,12H2,1-2H3,(H,24,29,30)/t13?,14?,18-/m1/s1. The third kappa shape index (κ3) is 3.54. The zero-order valence-electron chi connectivity index (χ0n) is 17.9. The molecule has 1 N–H and O–H groups in total. The van der Waals surface area contributed by atoms with Gasteiger partial charge in [0, 0.05) is 37.1 Å². The number of carbonyl (C=O) groups excluding carboxylic acids is 3. The van der Waals surface area contributed by atoms with Crippen LogP contribution in [-0.4, -0.2) is 43.4 Å². The first kappa shape index (κ1) is 19.9. The van der Waals surface area contributed by atoms with Crippen LogP contribution < -0.4 is 5.32 Å². The smallest absolute Gasteiger partial charge is 0.255 e. The molecule has 3 heterocycles. The summed E-state index contributed by atoms with van der Waals surface area (Å²) in [7, 11) is 1.95. The summed E-state index contributed by atoms with van der Waals surface area (Å²) in [6.07, 6.45) is 5.36. The maximum Gasteiger partial charge on any atom is 0.255 e. The molecule has 3 aliphatic rings. The third-order valence-electron chi connectivity index (χ3n) is 6.96. The number of amides is 3. The Morgan fingerprint density at radius 1 is 1.06 bits per heavy atom. The Hall–Kier alpha value is -3.03. The summed E-state index contributed by atoms with van der Waals surface area (Å²) < 4.78 is 1.89. The number of hydrogen-bond donors (Lipinski definition) is 1. The van der Waals surface area contributed by atoms with Gasteiger partial charge in [-0.25, -0.2) is 4.98 Å². The molecule has 0 radical (unpaired) electrons. The predicted molar refractivity (Wildman–Crippen MR) is 113 cm³/mol. The third-order valence-corrected chi connectivity index (χ3v) is 6.96. The van der Waals surface area contributed by atoms with Crippen molar-refractivity contribution >= 4 is 17.7 Å². The van der Waals surface area contributed by atoms with Crippen molar-refractivity contribution in [3.63, 3.8) is 0 Å². The monoisotopic (exact) mass is 421 g/mol. The number of imide groups is 1. The van der Waals surface area contributed by atoms with E-state index in [0.717, 1.165) is 35.7 Å². The fraction of sp³-hybridized carbons (Fsp3) is 0.522. The van der Waals surface area contributed by atoms with Crippen LogP contribution in [0, 0.1) is 5.92 Å². The molecule has 1 saturated carbocycles. The number of hydrogen-bond acceptors (Lipinski definition) is 5. The second-order valence-electron chi connectivity index (χ2n) is 9.15. The van der Waals surface area contributed by atoms with Gasteiger partial charge in [-0.15, -0.1) is 0 Å². The highest BCUT2D eigenvalue weighted by molar-refractivity contribution is 6.05. The van der Waals surface area contributed by atoms with E-state index in [4.69, 9.17) is 4.98 Å². The summed E-state index contributed by atoms with van der Waals surface area (Å²) in [6.45, 7) is 2.66. The minimum Gasteiger partial charge on any atom is -0.322 e. The highest BCUT2D eigenvalue weighted by atomic mass is 16.2. The van der Waals surface area contributed by atoms with Gasteiger partial charge in [-0.05, 0) is 42.9 Å². The van der Waals surface area contributed by atoms with Crippen LogP contribution in [0.15, 0.2) is 18.2 Å². The van der Waals surface area contributed by atoms with Crippen LogP contribution in [0.25, 0.3) is 11.4 Å². The van der Waals surface area contributed by atoms with Crippen molar-refractivity contribution in [1.29, 1.82) is 0 Å². The first-order valence-corrected chi connectivity index (χ1v) is 11.1. The topological polar surface area (TPSA) is 97.2 Å². The molecule has 0 spiro atoms. The zero-order valence-corrected chi connectivity index (χ0v) is 17.9. The van der Waals surface area contributed by atoms with Crippen molar-refractivity contribution in [1.82, 2.24) is 25.0 Å². The molecule has 2 fully saturated rings. The lowest BCUT2D eigenvalue weighted by Gasteiger charge is -2.29. The molecule has 5 rings (SSSR count). The number of aromatic nitrogens is 3. The van der Waals surface area contributed by atoms with Gasteiger partial charge in [0.1, 0.15) is 11.9 Å². The largest absolute Gasteiger partial charge is 0.322 e. The van der Waals surface area contributed by atoms with Gasteiger partial charge >= 0.3 is 0 Å². The molecule has 1 aromatic carbocycles. The maximum absolute atomic E-state index is 12.9. The van der Waals surface area contributed by atoms with E-state index in [2.05, 4.69) is 17.3 Å². The summed E-state index contributed by atoms with van der Waals surface area (Å²) in [5.74, 6) is 2.09. The van der Waals surface area contributed by atoms with Gasteiger partial charge in [-0.2, -0.15) is 5.10 Å². The Morgan fingerprint density at radius 2 is 1.84 bits per heavy atom. The summed E-state index contributed by atoms with van der Waals surface area (Å²) in [6, 6.07) is 5.04. The average molecular weight is 422 g/mol. The van der Waals surface area contributed by atoms with Gasteiger partial charge in [0.25, 0.3) is 5.91 Å². The molecule has 3 amide bonds. The van der Waals surface area contributed by atoms with Crippen LogP contribution in [0.4, 0.5) is 0 Å². The second kappa shape index (κ2) is 7.59. The van der Waals surface area contributed by atoms with Gasteiger partial charge in [0.05, 0.1) is 0 Å². The number of nitrogens with zero attached hydrogens (tertiary/aromatic N) is 4. The first-order chi connectivity index (χ1) is 14.9. The Bertz CT molecular complexity index is 1070. The Morgan fingerprint density at radius 3 is 2.58 bits per heavy atom. The minimum atomic E-state index is -0.602. The van der Waals surface area contributed by atoms with E-state index < -0.39 is 11.9 Å². The molecule has 1 atom stereocenters. The number of piperidine rings is 1. The van der Waals surface area contributed by atoms with Crippen LogP contribution in [0.5, 0.6) is 0 Å². The quantitative estimate of drug-likeness (QED) is 0.768. The van der Waals surface area contributed by atoms with Crippen LogP contribution in [0.3, 0.4) is 0 Å². The van der Waals surface area contributed by atoms with Crippen LogP contribution in [0.1, 0.15) is 73.1 Å². The lowest BCUT2D eigenvalue weighted by atomic mass is 9.82. The Labute approximate surface area is 181 Å². The lowest BCUT2D eigenvalue weighted by Crippen LogP contribution is -2.52. The van der Waals surface area contributed by atoms with Crippen molar-refractivity contribution in [3.8, 4) is 11.4 Å². The molecule has 1 aromatic heterocycles. The fourth-order valence-electron chi connectivity index (χ4n) is 5.11. The Balaban J connectivity index is 1.38. The number of rotatable bonds is 3. The van der Waals surface area contributed by atoms with E-state index in [-0.39, 0.29) is 18.2 Å². The van der Waals surface area contributed by atoms with Gasteiger partial charge in [-0.1, -0.05) is 25.8 Å². The number of fused-ring (bicyclic) bond motifs is 1. The van der Waals surface area contributed by atoms with Gasteiger partial charge < -0.3 is 4.90 Å². The van der Waals surface area contributed by atoms with Gasteiger partial charge in [0.2, 0.25) is 11.8 Å². The predicted octanol–water partition coefficient (Wildman–Crippen LogP) is 2.54. The molecule has 1 aliphatic carbocycles. The summed E-state index contributed by atoms with van der Waals surface area (Å²) in [5, 5.41) is 6.99. The second-order valence-corrected chi connectivity index (χ2v) is 9.15. The SMILES string of the molecule is CC1CCC(c2nc(-c3ccc4c(c3)CN([C@@H]3CCC(=O)NC3=O)C4=O)nn2C)CC1. The van der Waals surface area contributed by atoms with Crippen molar-refractivity contribution in [2.75, 3.05) is 0 Å². The number of aryl methyl sites for hydroxylation is 1. The maximum atomic E-state index is 12.9. The lowest BCUT2D eigenvalue weighted by molar-refractivity contribution is -0.136. The molecular formula is C23H27N5O3. The molecule has 31 heavy (non-hydrogen) atoms. The van der Waals surface area contributed by atoms with E-state index >= 15 is 0 Å². The fourth-order valence-corrected chi connectivity index (χ4v) is 5.11. The van der Waals surface area contributed by atoms with Crippen LogP contribution >= 0.6 is 0 Å². The molecular weight excluding hydrogens is 394 g/mol. The van der Waals surface area contributed by atoms with Crippen molar-refractivity contribution < 1.29 is 14.4 Å². The van der Waals surface area contributed by atoms with E-state index in [1.807, 2.05) is 23.9 Å². The minimum absolute atomic E-state index is 0.165. The number of carbonyl (C=O) groups is 3. The molecule has 162 valence electrons. The highest BCUT2D eigenvalue weighted by Crippen LogP contribution is 2.36. The molecule has 0 bridgehead atoms. The first-order valence-electron chi connectivity index (χ1n) is 11.1. The van der Waals surface area contributed by atoms with Gasteiger partial charge in [-0.3, -0.25) is 24.4 Å². The number of benzene rings is 1. The summed E-state index contributed by atoms with van der Waals surface area (Å²) >= 11 is 0. The number of nitrogens with one attached hydrogen (secondary N) is 1. The molecule has 1 saturated heterocycles. The normalized spacial score (nSPS) is 26.2. The average Bonchev–Trinajstić information content (AvgIpc) is 3.29. The van der Waals surface area contributed by atoms with Crippen molar-refractivity contribution in [2.45, 2.75) is 64.0 Å². The van der Waals surface area contributed by atoms with Crippen LogP contribution in [-0.2, 0) is 23.2 Å². The van der Waals surface area contributed by atoms with Crippen molar-refractivity contribution in [2.24, 2.45) is 13.0 Å². The van der Waals surface area contributed by atoms with Gasteiger partial charge in [0.15, 0.2) is 5.82 Å². The molecule has 8 heteroatoms. The molecule has 2 aliphatic heterocycles. The summed E-state index contributed by atoms with van der Waals surface area (Å²) in [5.41, 5.74) is 2.35. The molecule has 2 aromatic rings. The molecule has 0 unspecified atom stereocenters. The van der Waals surface area contributed by atoms with E-state index in [1.54, 1.807) is 11.0 Å². The zero-order chi connectivity index (χ0) is 21.7. The van der Waals surface area contributed by atoms with E-state index in [0.29, 0.717) is 30.3 Å². The van der Waals surface area contributed by atoms with Crippen LogP contribution in [0.2, 0.25) is 0 Å². The van der Waals surface area contributed by atoms with Crippen molar-refractivity contribution in [3.05, 3.63) is 35.2 Å². The molecule has 8 nitrogen and oxygen atoms in total. The van der Waals surface area contributed by atoms with E-state index in [9.17, 15) is 14.4 Å². The summed E-state index contributed by atoms with van der Waals surface area (Å²) in [4.78, 5) is 43.0. The highest BCUT2D eigenvalue weighted by Gasteiger charge is 2.39. The Kier molecular flexibility index (Phi) is 4.87.